The lowest BCUT2D eigenvalue weighted by molar-refractivity contribution is -0.122. The first kappa shape index (κ1) is 15.1. The highest BCUT2D eigenvalue weighted by Gasteiger charge is 2.44. The second kappa shape index (κ2) is 6.51. The van der Waals surface area contributed by atoms with Crippen LogP contribution >= 0.6 is 38.9 Å². The third kappa shape index (κ3) is 3.68. The summed E-state index contributed by atoms with van der Waals surface area (Å²) in [6.07, 6.45) is 1.78. The van der Waals surface area contributed by atoms with Gasteiger partial charge < -0.3 is 5.32 Å². The van der Waals surface area contributed by atoms with Crippen LogP contribution in [-0.4, -0.2) is 12.5 Å². The van der Waals surface area contributed by atoms with Crippen LogP contribution in [0.5, 0.6) is 0 Å². The highest BCUT2D eigenvalue weighted by molar-refractivity contribution is 9.11. The first-order valence-electron chi connectivity index (χ1n) is 6.91. The average Bonchev–Trinajstić information content (AvgIpc) is 3.16. The van der Waals surface area contributed by atoms with E-state index in [9.17, 15) is 4.79 Å². The number of thiophene rings is 1. The van der Waals surface area contributed by atoms with Crippen LogP contribution < -0.4 is 5.32 Å². The largest absolute Gasteiger partial charge is 0.355 e. The number of nitrogens with one attached hydrogen (secondary N) is 1. The third-order valence-electron chi connectivity index (χ3n) is 3.73. The van der Waals surface area contributed by atoms with Crippen LogP contribution in [0.4, 0.5) is 0 Å². The van der Waals surface area contributed by atoms with Gasteiger partial charge in [-0.2, -0.15) is 0 Å². The average molecular weight is 385 g/mol. The van der Waals surface area contributed by atoms with E-state index in [2.05, 4.69) is 27.3 Å². The van der Waals surface area contributed by atoms with Gasteiger partial charge in [0, 0.05) is 22.4 Å². The Labute approximate surface area is 141 Å². The van der Waals surface area contributed by atoms with E-state index < -0.39 is 0 Å². The van der Waals surface area contributed by atoms with Crippen molar-refractivity contribution in [3.05, 3.63) is 55.6 Å². The Hall–Kier alpha value is -0.840. The number of hydrogen-bond acceptors (Lipinski definition) is 2. The molecular formula is C16H15BrClNOS. The van der Waals surface area contributed by atoms with Crippen LogP contribution in [0.25, 0.3) is 0 Å². The predicted molar refractivity (Wildman–Crippen MR) is 91.0 cm³/mol. The highest BCUT2D eigenvalue weighted by Crippen LogP contribution is 2.49. The number of carbonyl (C=O) groups excluding carboxylic acids is 1. The molecule has 2 nitrogen and oxygen atoms in total. The van der Waals surface area contributed by atoms with Crippen molar-refractivity contribution in [2.45, 2.75) is 18.8 Å². The number of amides is 1. The summed E-state index contributed by atoms with van der Waals surface area (Å²) in [4.78, 5) is 13.4. The van der Waals surface area contributed by atoms with E-state index >= 15 is 0 Å². The van der Waals surface area contributed by atoms with Gasteiger partial charge in [0.2, 0.25) is 5.91 Å². The summed E-state index contributed by atoms with van der Waals surface area (Å²) in [6.45, 7) is 0.692. The zero-order valence-electron chi connectivity index (χ0n) is 11.3. The maximum absolute atomic E-state index is 12.1. The fourth-order valence-corrected chi connectivity index (χ4v) is 4.29. The van der Waals surface area contributed by atoms with Gasteiger partial charge in [-0.3, -0.25) is 4.79 Å². The van der Waals surface area contributed by atoms with E-state index in [1.807, 2.05) is 30.3 Å². The Bertz CT molecular complexity index is 657. The topological polar surface area (TPSA) is 29.1 Å². The molecule has 0 radical (unpaired) electrons. The molecule has 21 heavy (non-hydrogen) atoms. The van der Waals surface area contributed by atoms with Crippen molar-refractivity contribution in [2.24, 2.45) is 5.92 Å². The molecule has 1 aliphatic rings. The molecule has 1 heterocycles. The minimum atomic E-state index is 0.0833. The maximum Gasteiger partial charge on any atom is 0.223 e. The van der Waals surface area contributed by atoms with Crippen molar-refractivity contribution in [3.63, 3.8) is 0 Å². The fraction of sp³-hybridized carbons (Fsp3) is 0.312. The molecule has 1 fully saturated rings. The minimum Gasteiger partial charge on any atom is -0.355 e. The number of rotatable bonds is 5. The molecule has 5 heteroatoms. The number of hydrogen-bond donors (Lipinski definition) is 1. The van der Waals surface area contributed by atoms with Gasteiger partial charge in [0.05, 0.1) is 3.79 Å². The Morgan fingerprint density at radius 3 is 2.86 bits per heavy atom. The summed E-state index contributed by atoms with van der Waals surface area (Å²) >= 11 is 11.3. The Morgan fingerprint density at radius 2 is 2.14 bits per heavy atom. The fourth-order valence-electron chi connectivity index (χ4n) is 2.53. The SMILES string of the molecule is O=C(NCCc1ccc(Br)s1)C1CC1c1ccccc1Cl. The molecule has 3 rings (SSSR count). The summed E-state index contributed by atoms with van der Waals surface area (Å²) in [6, 6.07) is 11.9. The molecule has 1 N–H and O–H groups in total. The van der Waals surface area contributed by atoms with E-state index in [1.165, 1.54) is 4.88 Å². The van der Waals surface area contributed by atoms with E-state index in [-0.39, 0.29) is 17.7 Å². The molecule has 0 saturated heterocycles. The lowest BCUT2D eigenvalue weighted by atomic mass is 10.1. The summed E-state index contributed by atoms with van der Waals surface area (Å²) in [5.74, 6) is 0.519. The lowest BCUT2D eigenvalue weighted by Crippen LogP contribution is -2.27. The second-order valence-electron chi connectivity index (χ2n) is 5.22. The molecule has 0 bridgehead atoms. The van der Waals surface area contributed by atoms with Crippen LogP contribution in [0.15, 0.2) is 40.2 Å². The molecule has 1 saturated carbocycles. The van der Waals surface area contributed by atoms with Gasteiger partial charge in [-0.1, -0.05) is 29.8 Å². The van der Waals surface area contributed by atoms with Crippen molar-refractivity contribution < 1.29 is 4.79 Å². The lowest BCUT2D eigenvalue weighted by Gasteiger charge is -2.05. The molecule has 1 amide bonds. The van der Waals surface area contributed by atoms with Crippen molar-refractivity contribution in [2.75, 3.05) is 6.54 Å². The molecule has 2 aromatic rings. The third-order valence-corrected chi connectivity index (χ3v) is 5.76. The van der Waals surface area contributed by atoms with Gasteiger partial charge in [-0.25, -0.2) is 0 Å². The summed E-state index contributed by atoms with van der Waals surface area (Å²) in [5, 5.41) is 3.80. The van der Waals surface area contributed by atoms with Gasteiger partial charge in [-0.15, -0.1) is 11.3 Å². The van der Waals surface area contributed by atoms with E-state index in [4.69, 9.17) is 11.6 Å². The number of benzene rings is 1. The molecule has 1 aliphatic carbocycles. The van der Waals surface area contributed by atoms with Gasteiger partial charge in [0.1, 0.15) is 0 Å². The standard InChI is InChI=1S/C16H15BrClNOS/c17-15-6-5-10(21-15)7-8-19-16(20)13-9-12(13)11-3-1-2-4-14(11)18/h1-6,12-13H,7-9H2,(H,19,20). The van der Waals surface area contributed by atoms with E-state index in [0.29, 0.717) is 6.54 Å². The summed E-state index contributed by atoms with van der Waals surface area (Å²) in [5.41, 5.74) is 1.10. The molecule has 1 aromatic heterocycles. The molecule has 1 aromatic carbocycles. The van der Waals surface area contributed by atoms with Crippen LogP contribution in [0, 0.1) is 5.92 Å². The number of halogens is 2. The van der Waals surface area contributed by atoms with Crippen molar-refractivity contribution >= 4 is 44.8 Å². The van der Waals surface area contributed by atoms with Gasteiger partial charge in [0.15, 0.2) is 0 Å². The van der Waals surface area contributed by atoms with E-state index in [0.717, 1.165) is 27.2 Å². The molecule has 0 spiro atoms. The first-order chi connectivity index (χ1) is 10.1. The Balaban J connectivity index is 1.48. The van der Waals surface area contributed by atoms with Gasteiger partial charge in [0.25, 0.3) is 0 Å². The van der Waals surface area contributed by atoms with Crippen molar-refractivity contribution in [1.82, 2.24) is 5.32 Å². The van der Waals surface area contributed by atoms with Gasteiger partial charge >= 0.3 is 0 Å². The summed E-state index contributed by atoms with van der Waals surface area (Å²) < 4.78 is 1.13. The zero-order valence-corrected chi connectivity index (χ0v) is 14.5. The monoisotopic (exact) mass is 383 g/mol. The Morgan fingerprint density at radius 1 is 1.33 bits per heavy atom. The molecule has 0 aliphatic heterocycles. The molecular weight excluding hydrogens is 370 g/mol. The second-order valence-corrected chi connectivity index (χ2v) is 8.17. The summed E-state index contributed by atoms with van der Waals surface area (Å²) in [7, 11) is 0. The van der Waals surface area contributed by atoms with Crippen LogP contribution in [0.2, 0.25) is 5.02 Å². The van der Waals surface area contributed by atoms with Crippen molar-refractivity contribution in [3.8, 4) is 0 Å². The zero-order chi connectivity index (χ0) is 14.8. The van der Waals surface area contributed by atoms with Crippen LogP contribution in [0.3, 0.4) is 0 Å². The number of carbonyl (C=O) groups is 1. The maximum atomic E-state index is 12.1. The quantitative estimate of drug-likeness (QED) is 0.800. The molecule has 2 unspecified atom stereocenters. The first-order valence-corrected chi connectivity index (χ1v) is 8.90. The molecule has 110 valence electrons. The predicted octanol–water partition coefficient (Wildman–Crippen LogP) is 4.63. The molecule has 2 atom stereocenters. The Kier molecular flexibility index (Phi) is 4.67. The van der Waals surface area contributed by atoms with Crippen molar-refractivity contribution in [1.29, 1.82) is 0 Å². The minimum absolute atomic E-state index is 0.0833. The van der Waals surface area contributed by atoms with Gasteiger partial charge in [-0.05, 0) is 58.5 Å². The highest BCUT2D eigenvalue weighted by atomic mass is 79.9. The van der Waals surface area contributed by atoms with Crippen LogP contribution in [-0.2, 0) is 11.2 Å². The smallest absolute Gasteiger partial charge is 0.223 e. The van der Waals surface area contributed by atoms with Crippen LogP contribution in [0.1, 0.15) is 22.8 Å². The van der Waals surface area contributed by atoms with E-state index in [1.54, 1.807) is 11.3 Å². The normalized spacial score (nSPS) is 20.3.